The lowest BCUT2D eigenvalue weighted by molar-refractivity contribution is -0.114. The third kappa shape index (κ3) is 2.67. The van der Waals surface area contributed by atoms with Gasteiger partial charge in [0.2, 0.25) is 5.91 Å². The molecular weight excluding hydrogens is 272 g/mol. The number of nitrogens with zero attached hydrogens (tertiary/aromatic N) is 3. The standard InChI is InChI=1S/C10H14N4O6/c1-4(16)12-6-2-11-14(10(19)13-6)9-8(18)7(17)5(3-15)20-9/h2,5,7-9,15,17-18H,3H2,1H3,(H,12,13,16,19)/t5-,7+,8?,9-/m1/s1. The van der Waals surface area contributed by atoms with Gasteiger partial charge in [0, 0.05) is 6.92 Å². The Kier molecular flexibility index (Phi) is 4.09. The van der Waals surface area contributed by atoms with Gasteiger partial charge in [-0.05, 0) is 0 Å². The predicted octanol–water partition coefficient (Wildman–Crippen LogP) is -2.79. The number of aliphatic hydroxyl groups excluding tert-OH is 3. The van der Waals surface area contributed by atoms with Crippen molar-refractivity contribution >= 4 is 11.7 Å². The molecule has 0 aliphatic carbocycles. The van der Waals surface area contributed by atoms with Gasteiger partial charge in [-0.25, -0.2) is 4.79 Å². The van der Waals surface area contributed by atoms with Crippen molar-refractivity contribution in [2.24, 2.45) is 0 Å². The first kappa shape index (κ1) is 14.5. The molecular formula is C10H14N4O6. The highest BCUT2D eigenvalue weighted by atomic mass is 16.6. The van der Waals surface area contributed by atoms with E-state index in [-0.39, 0.29) is 5.82 Å². The average molecular weight is 286 g/mol. The quantitative estimate of drug-likeness (QED) is 0.466. The SMILES string of the molecule is CC(=O)Nc1cnn([C@@H]2O[C@H](CO)[C@H](O)C2O)c(=O)n1. The Balaban J connectivity index is 2.26. The first-order chi connectivity index (χ1) is 9.43. The molecule has 0 radical (unpaired) electrons. The second-order valence-electron chi connectivity index (χ2n) is 4.28. The topological polar surface area (TPSA) is 147 Å². The zero-order valence-electron chi connectivity index (χ0n) is 10.5. The van der Waals surface area contributed by atoms with Crippen LogP contribution in [-0.4, -0.2) is 60.9 Å². The summed E-state index contributed by atoms with van der Waals surface area (Å²) in [5.41, 5.74) is -0.869. The van der Waals surface area contributed by atoms with Crippen LogP contribution in [0.2, 0.25) is 0 Å². The maximum atomic E-state index is 11.8. The maximum absolute atomic E-state index is 11.8. The van der Waals surface area contributed by atoms with Crippen LogP contribution in [0.3, 0.4) is 0 Å². The molecule has 4 atom stereocenters. The molecule has 0 aromatic carbocycles. The molecule has 20 heavy (non-hydrogen) atoms. The number of anilines is 1. The Morgan fingerprint density at radius 1 is 1.50 bits per heavy atom. The number of rotatable bonds is 3. The van der Waals surface area contributed by atoms with E-state index in [1.54, 1.807) is 0 Å². The van der Waals surface area contributed by atoms with Gasteiger partial charge in [0.05, 0.1) is 12.8 Å². The van der Waals surface area contributed by atoms with Gasteiger partial charge in [-0.2, -0.15) is 14.8 Å². The van der Waals surface area contributed by atoms with Crippen molar-refractivity contribution in [2.75, 3.05) is 11.9 Å². The van der Waals surface area contributed by atoms with Crippen LogP contribution < -0.4 is 11.0 Å². The van der Waals surface area contributed by atoms with Gasteiger partial charge in [-0.3, -0.25) is 4.79 Å². The van der Waals surface area contributed by atoms with Crippen molar-refractivity contribution in [3.05, 3.63) is 16.7 Å². The van der Waals surface area contributed by atoms with Crippen molar-refractivity contribution in [1.82, 2.24) is 14.8 Å². The molecule has 0 spiro atoms. The van der Waals surface area contributed by atoms with Crippen molar-refractivity contribution in [3.8, 4) is 0 Å². The van der Waals surface area contributed by atoms with Crippen molar-refractivity contribution < 1.29 is 24.9 Å². The van der Waals surface area contributed by atoms with Crippen molar-refractivity contribution in [1.29, 1.82) is 0 Å². The molecule has 1 unspecified atom stereocenters. The van der Waals surface area contributed by atoms with Crippen molar-refractivity contribution in [2.45, 2.75) is 31.5 Å². The van der Waals surface area contributed by atoms with Gasteiger partial charge in [0.25, 0.3) is 0 Å². The summed E-state index contributed by atoms with van der Waals surface area (Å²) < 4.78 is 5.88. The summed E-state index contributed by atoms with van der Waals surface area (Å²) in [4.78, 5) is 26.1. The molecule has 0 bridgehead atoms. The van der Waals surface area contributed by atoms with Crippen LogP contribution >= 0.6 is 0 Å². The normalized spacial score (nSPS) is 29.4. The summed E-state index contributed by atoms with van der Waals surface area (Å²) in [6.45, 7) is 0.736. The third-order valence-corrected chi connectivity index (χ3v) is 2.78. The monoisotopic (exact) mass is 286 g/mol. The molecule has 1 aliphatic rings. The Morgan fingerprint density at radius 2 is 2.20 bits per heavy atom. The summed E-state index contributed by atoms with van der Waals surface area (Å²) in [7, 11) is 0. The number of hydrogen-bond acceptors (Lipinski definition) is 8. The zero-order valence-corrected chi connectivity index (χ0v) is 10.5. The lowest BCUT2D eigenvalue weighted by Crippen LogP contribution is -2.37. The fraction of sp³-hybridized carbons (Fsp3) is 0.600. The fourth-order valence-electron chi connectivity index (χ4n) is 1.85. The van der Waals surface area contributed by atoms with Crippen LogP contribution in [-0.2, 0) is 9.53 Å². The predicted molar refractivity (Wildman–Crippen MR) is 63.6 cm³/mol. The number of aromatic nitrogens is 3. The van der Waals surface area contributed by atoms with E-state index in [1.807, 2.05) is 0 Å². The molecule has 10 heteroatoms. The number of carbonyl (C=O) groups excluding carboxylic acids is 1. The van der Waals surface area contributed by atoms with Gasteiger partial charge in [0.1, 0.15) is 18.3 Å². The van der Waals surface area contributed by atoms with E-state index in [9.17, 15) is 19.8 Å². The first-order valence-electron chi connectivity index (χ1n) is 5.80. The molecule has 10 nitrogen and oxygen atoms in total. The molecule has 110 valence electrons. The number of carbonyl (C=O) groups is 1. The maximum Gasteiger partial charge on any atom is 0.368 e. The molecule has 1 amide bonds. The molecule has 0 saturated carbocycles. The van der Waals surface area contributed by atoms with E-state index < -0.39 is 42.7 Å². The molecule has 1 saturated heterocycles. The van der Waals surface area contributed by atoms with Crippen LogP contribution in [0.25, 0.3) is 0 Å². The Morgan fingerprint density at radius 3 is 2.70 bits per heavy atom. The van der Waals surface area contributed by atoms with Crippen molar-refractivity contribution in [3.63, 3.8) is 0 Å². The van der Waals surface area contributed by atoms with Crippen LogP contribution in [0.15, 0.2) is 11.0 Å². The first-order valence-corrected chi connectivity index (χ1v) is 5.80. The number of aliphatic hydroxyl groups is 3. The number of nitrogens with one attached hydrogen (secondary N) is 1. The highest BCUT2D eigenvalue weighted by Gasteiger charge is 2.44. The minimum Gasteiger partial charge on any atom is -0.394 e. The fourth-order valence-corrected chi connectivity index (χ4v) is 1.85. The molecule has 2 rings (SSSR count). The van der Waals surface area contributed by atoms with Gasteiger partial charge in [0.15, 0.2) is 12.0 Å². The Bertz CT molecular complexity index is 561. The van der Waals surface area contributed by atoms with Crippen LogP contribution in [0.4, 0.5) is 5.82 Å². The van der Waals surface area contributed by atoms with E-state index in [2.05, 4.69) is 15.4 Å². The zero-order chi connectivity index (χ0) is 14.9. The summed E-state index contributed by atoms with van der Waals surface area (Å²) >= 11 is 0. The minimum atomic E-state index is -1.43. The summed E-state index contributed by atoms with van der Waals surface area (Å²) in [6, 6.07) is 0. The summed E-state index contributed by atoms with van der Waals surface area (Å²) in [5, 5.41) is 34.3. The second-order valence-corrected chi connectivity index (χ2v) is 4.28. The van der Waals surface area contributed by atoms with Crippen LogP contribution in [0, 0.1) is 0 Å². The average Bonchev–Trinajstić information content (AvgIpc) is 2.66. The smallest absolute Gasteiger partial charge is 0.368 e. The molecule has 1 aromatic heterocycles. The van der Waals surface area contributed by atoms with Gasteiger partial charge < -0.3 is 25.4 Å². The summed E-state index contributed by atoms with van der Waals surface area (Å²) in [6.07, 6.45) is -3.93. The van der Waals surface area contributed by atoms with Crippen LogP contribution in [0.5, 0.6) is 0 Å². The molecule has 4 N–H and O–H groups in total. The highest BCUT2D eigenvalue weighted by Crippen LogP contribution is 2.27. The highest BCUT2D eigenvalue weighted by molar-refractivity contribution is 5.87. The number of amides is 1. The minimum absolute atomic E-state index is 0.0366. The van der Waals surface area contributed by atoms with E-state index in [0.717, 1.165) is 10.9 Å². The number of hydrogen-bond donors (Lipinski definition) is 4. The Labute approximate surface area is 112 Å². The van der Waals surface area contributed by atoms with E-state index >= 15 is 0 Å². The van der Waals surface area contributed by atoms with E-state index in [4.69, 9.17) is 9.84 Å². The second kappa shape index (κ2) is 5.63. The largest absolute Gasteiger partial charge is 0.394 e. The van der Waals surface area contributed by atoms with E-state index in [1.165, 1.54) is 6.92 Å². The lowest BCUT2D eigenvalue weighted by atomic mass is 10.1. The van der Waals surface area contributed by atoms with Crippen LogP contribution in [0.1, 0.15) is 13.2 Å². The Hall–Kier alpha value is -1.88. The molecule has 2 heterocycles. The van der Waals surface area contributed by atoms with Gasteiger partial charge in [-0.1, -0.05) is 0 Å². The van der Waals surface area contributed by atoms with E-state index in [0.29, 0.717) is 0 Å². The molecule has 1 aliphatic heterocycles. The van der Waals surface area contributed by atoms with Gasteiger partial charge >= 0.3 is 5.69 Å². The molecule has 1 fully saturated rings. The number of ether oxygens (including phenoxy) is 1. The summed E-state index contributed by atoms with van der Waals surface area (Å²) in [5.74, 6) is -0.449. The third-order valence-electron chi connectivity index (χ3n) is 2.78. The van der Waals surface area contributed by atoms with Gasteiger partial charge in [-0.15, -0.1) is 0 Å². The lowest BCUT2D eigenvalue weighted by Gasteiger charge is -2.15. The molecule has 1 aromatic rings.